The van der Waals surface area contributed by atoms with E-state index in [0.29, 0.717) is 0 Å². The number of carboxylic acid groups (broad SMARTS) is 1. The Hall–Kier alpha value is -0.750. The van der Waals surface area contributed by atoms with Gasteiger partial charge in [-0.25, -0.2) is 4.79 Å². The van der Waals surface area contributed by atoms with Gasteiger partial charge in [-0.05, 0) is 31.6 Å². The topological polar surface area (TPSA) is 77.8 Å². The van der Waals surface area contributed by atoms with Crippen LogP contribution < -0.4 is 0 Å². The molecule has 4 nitrogen and oxygen atoms in total. The van der Waals surface area contributed by atoms with E-state index in [-0.39, 0.29) is 18.8 Å². The van der Waals surface area contributed by atoms with E-state index < -0.39 is 35.9 Å². The average Bonchev–Trinajstić information content (AvgIpc) is 2.22. The Morgan fingerprint density at radius 1 is 1.18 bits per heavy atom. The van der Waals surface area contributed by atoms with E-state index >= 15 is 0 Å². The van der Waals surface area contributed by atoms with Crippen molar-refractivity contribution in [3.63, 3.8) is 0 Å². The molecule has 0 aromatic heterocycles. The van der Waals surface area contributed by atoms with Crippen LogP contribution in [0.25, 0.3) is 0 Å². The highest BCUT2D eigenvalue weighted by molar-refractivity contribution is 5.77. The van der Waals surface area contributed by atoms with Crippen molar-refractivity contribution < 1.29 is 28.9 Å². The van der Waals surface area contributed by atoms with Gasteiger partial charge in [-0.2, -0.15) is 8.78 Å². The van der Waals surface area contributed by atoms with Crippen LogP contribution in [-0.4, -0.2) is 38.4 Å². The Bertz CT molecular complexity index is 307. The quantitative estimate of drug-likeness (QED) is 0.709. The van der Waals surface area contributed by atoms with E-state index in [4.69, 9.17) is 5.11 Å². The van der Waals surface area contributed by atoms with E-state index in [1.165, 1.54) is 0 Å². The molecule has 0 amide bonds. The van der Waals surface area contributed by atoms with Crippen LogP contribution in [0.2, 0.25) is 0 Å². The first kappa shape index (κ1) is 14.3. The van der Waals surface area contributed by atoms with Gasteiger partial charge in [0, 0.05) is 0 Å². The van der Waals surface area contributed by atoms with Crippen LogP contribution in [0.3, 0.4) is 0 Å². The monoisotopic (exact) mass is 252 g/mol. The zero-order chi connectivity index (χ0) is 13.5. The van der Waals surface area contributed by atoms with Crippen LogP contribution in [0.1, 0.15) is 39.5 Å². The molecule has 17 heavy (non-hydrogen) atoms. The van der Waals surface area contributed by atoms with Crippen LogP contribution in [0.5, 0.6) is 0 Å². The lowest BCUT2D eigenvalue weighted by Crippen LogP contribution is -2.58. The second-order valence-electron chi connectivity index (χ2n) is 5.17. The van der Waals surface area contributed by atoms with Crippen molar-refractivity contribution in [2.24, 2.45) is 5.92 Å². The minimum Gasteiger partial charge on any atom is -0.477 e. The Balaban J connectivity index is 2.84. The van der Waals surface area contributed by atoms with Crippen LogP contribution in [-0.2, 0) is 4.79 Å². The summed E-state index contributed by atoms with van der Waals surface area (Å²) in [5.74, 6) is -6.62. The average molecular weight is 252 g/mol. The maximum absolute atomic E-state index is 13.3. The van der Waals surface area contributed by atoms with Gasteiger partial charge < -0.3 is 15.3 Å². The number of aliphatic hydroxyl groups is 2. The van der Waals surface area contributed by atoms with E-state index in [1.807, 2.05) is 0 Å². The fourth-order valence-corrected chi connectivity index (χ4v) is 2.19. The van der Waals surface area contributed by atoms with Gasteiger partial charge in [0.1, 0.15) is 5.60 Å². The number of carboxylic acids is 1. The molecule has 0 aliphatic heterocycles. The lowest BCUT2D eigenvalue weighted by molar-refractivity contribution is -0.227. The van der Waals surface area contributed by atoms with Crippen LogP contribution in [0, 0.1) is 5.92 Å². The lowest BCUT2D eigenvalue weighted by atomic mass is 9.69. The predicted octanol–water partition coefficient (Wildman–Crippen LogP) is 1.40. The zero-order valence-electron chi connectivity index (χ0n) is 9.91. The maximum Gasteiger partial charge on any atom is 0.377 e. The van der Waals surface area contributed by atoms with E-state index in [1.54, 1.807) is 13.8 Å². The Morgan fingerprint density at radius 2 is 1.59 bits per heavy atom. The van der Waals surface area contributed by atoms with Crippen LogP contribution in [0.4, 0.5) is 8.78 Å². The molecule has 100 valence electrons. The summed E-state index contributed by atoms with van der Waals surface area (Å²) in [5, 5.41) is 28.2. The summed E-state index contributed by atoms with van der Waals surface area (Å²) in [5.41, 5.74) is -3.65. The molecule has 0 radical (unpaired) electrons. The Kier molecular flexibility index (Phi) is 3.51. The molecule has 3 N–H and O–H groups in total. The summed E-state index contributed by atoms with van der Waals surface area (Å²) < 4.78 is 26.7. The van der Waals surface area contributed by atoms with Crippen molar-refractivity contribution in [2.45, 2.75) is 56.7 Å². The largest absolute Gasteiger partial charge is 0.477 e. The third-order valence-corrected chi connectivity index (χ3v) is 3.87. The molecule has 6 heteroatoms. The number of alkyl halides is 2. The van der Waals surface area contributed by atoms with Gasteiger partial charge in [0.05, 0.1) is 5.60 Å². The predicted molar refractivity (Wildman–Crippen MR) is 55.8 cm³/mol. The highest BCUT2D eigenvalue weighted by atomic mass is 19.3. The SMILES string of the molecule is CC(C)C1(O)CCC(O)(C(F)(F)C(=O)O)CC1. The fraction of sp³-hybridized carbons (Fsp3) is 0.909. The van der Waals surface area contributed by atoms with E-state index in [0.717, 1.165) is 0 Å². The highest BCUT2D eigenvalue weighted by Crippen LogP contribution is 2.45. The van der Waals surface area contributed by atoms with Crippen LogP contribution in [0.15, 0.2) is 0 Å². The lowest BCUT2D eigenvalue weighted by Gasteiger charge is -2.44. The molecule has 0 atom stereocenters. The molecule has 0 spiro atoms. The molecule has 1 saturated carbocycles. The molecule has 1 aliphatic carbocycles. The number of hydrogen-bond acceptors (Lipinski definition) is 3. The van der Waals surface area contributed by atoms with E-state index in [2.05, 4.69) is 0 Å². The summed E-state index contributed by atoms with van der Waals surface area (Å²) in [6, 6.07) is 0. The molecule has 0 aromatic carbocycles. The van der Waals surface area contributed by atoms with Gasteiger partial charge in [0.2, 0.25) is 0 Å². The second-order valence-corrected chi connectivity index (χ2v) is 5.17. The highest BCUT2D eigenvalue weighted by Gasteiger charge is 2.61. The van der Waals surface area contributed by atoms with Gasteiger partial charge in [0.25, 0.3) is 0 Å². The molecule has 0 saturated heterocycles. The van der Waals surface area contributed by atoms with Crippen molar-refractivity contribution >= 4 is 5.97 Å². The van der Waals surface area contributed by atoms with Crippen LogP contribution >= 0.6 is 0 Å². The van der Waals surface area contributed by atoms with Gasteiger partial charge >= 0.3 is 11.9 Å². The molecule has 1 rings (SSSR count). The fourth-order valence-electron chi connectivity index (χ4n) is 2.19. The van der Waals surface area contributed by atoms with Gasteiger partial charge in [-0.3, -0.25) is 0 Å². The van der Waals surface area contributed by atoms with Gasteiger partial charge in [-0.15, -0.1) is 0 Å². The van der Waals surface area contributed by atoms with Crippen molar-refractivity contribution in [2.75, 3.05) is 0 Å². The van der Waals surface area contributed by atoms with Crippen molar-refractivity contribution in [3.05, 3.63) is 0 Å². The normalized spacial score (nSPS) is 35.0. The third-order valence-electron chi connectivity index (χ3n) is 3.87. The number of carbonyl (C=O) groups is 1. The molecule has 0 aromatic rings. The summed E-state index contributed by atoms with van der Waals surface area (Å²) in [4.78, 5) is 10.4. The maximum atomic E-state index is 13.3. The first-order valence-corrected chi connectivity index (χ1v) is 5.61. The van der Waals surface area contributed by atoms with Crippen molar-refractivity contribution in [1.82, 2.24) is 0 Å². The number of aliphatic carboxylic acids is 1. The molecule has 1 aliphatic rings. The standard InChI is InChI=1S/C11H18F2O4/c1-7(2)9(16)3-5-10(17,6-4-9)11(12,13)8(14)15/h7,16-17H,3-6H2,1-2H3,(H,14,15). The minimum absolute atomic E-state index is 0.0238. The number of halogens is 2. The summed E-state index contributed by atoms with van der Waals surface area (Å²) >= 11 is 0. The van der Waals surface area contributed by atoms with Gasteiger partial charge in [-0.1, -0.05) is 13.8 Å². The smallest absolute Gasteiger partial charge is 0.377 e. The summed E-state index contributed by atoms with van der Waals surface area (Å²) in [6.45, 7) is 3.53. The molecule has 0 unspecified atom stereocenters. The van der Waals surface area contributed by atoms with Crippen molar-refractivity contribution in [1.29, 1.82) is 0 Å². The zero-order valence-corrected chi connectivity index (χ0v) is 9.91. The Morgan fingerprint density at radius 3 is 1.88 bits per heavy atom. The van der Waals surface area contributed by atoms with Gasteiger partial charge in [0.15, 0.2) is 0 Å². The Labute approximate surface area is 98.3 Å². The second kappa shape index (κ2) is 4.17. The first-order chi connectivity index (χ1) is 7.55. The summed E-state index contributed by atoms with van der Waals surface area (Å²) in [7, 11) is 0. The molecule has 0 bridgehead atoms. The number of hydrogen-bond donors (Lipinski definition) is 3. The number of rotatable bonds is 3. The molecule has 0 heterocycles. The first-order valence-electron chi connectivity index (χ1n) is 5.61. The molecular formula is C11H18F2O4. The summed E-state index contributed by atoms with van der Waals surface area (Å²) in [6.07, 6.45) is -0.879. The van der Waals surface area contributed by atoms with E-state index in [9.17, 15) is 23.8 Å². The minimum atomic E-state index is -4.18. The molecular weight excluding hydrogens is 234 g/mol. The molecule has 1 fully saturated rings. The third kappa shape index (κ3) is 2.28. The van der Waals surface area contributed by atoms with Crippen molar-refractivity contribution in [3.8, 4) is 0 Å².